The number of rotatable bonds is 0. The van der Waals surface area contributed by atoms with Crippen molar-refractivity contribution in [1.29, 1.82) is 0 Å². The first-order valence-corrected chi connectivity index (χ1v) is 7.44. The van der Waals surface area contributed by atoms with Gasteiger partial charge in [-0.1, -0.05) is 50.1 Å². The van der Waals surface area contributed by atoms with Gasteiger partial charge >= 0.3 is 0 Å². The van der Waals surface area contributed by atoms with Crippen LogP contribution in [0.4, 0.5) is 0 Å². The molecule has 0 unspecified atom stereocenters. The third kappa shape index (κ3) is 1.79. The Kier molecular flexibility index (Phi) is 2.95. The summed E-state index contributed by atoms with van der Waals surface area (Å²) < 4.78 is 2.34. The van der Waals surface area contributed by atoms with Gasteiger partial charge < -0.3 is 0 Å². The maximum atomic E-state index is 3.67. The van der Waals surface area contributed by atoms with Gasteiger partial charge in [0.25, 0.3) is 0 Å². The highest BCUT2D eigenvalue weighted by Crippen LogP contribution is 2.34. The molecule has 18 heavy (non-hydrogen) atoms. The lowest BCUT2D eigenvalue weighted by Crippen LogP contribution is -1.87. The fourth-order valence-corrected chi connectivity index (χ4v) is 3.21. The van der Waals surface area contributed by atoms with Gasteiger partial charge in [0.15, 0.2) is 0 Å². The van der Waals surface area contributed by atoms with Gasteiger partial charge in [-0.2, -0.15) is 0 Å². The first-order valence-electron chi connectivity index (χ1n) is 5.85. The lowest BCUT2D eigenvalue weighted by molar-refractivity contribution is 1.39. The summed E-state index contributed by atoms with van der Waals surface area (Å²) in [4.78, 5) is 0. The molecule has 0 aliphatic heterocycles. The zero-order valence-electron chi connectivity index (χ0n) is 10.2. The standard InChI is InChI=1S/C16H12Br2/c1-9-7-15-13(10(2)16(9)18)5-3-11-8-12(17)4-6-14(11)15/h3-8H,1-2H3. The molecule has 3 rings (SSSR count). The van der Waals surface area contributed by atoms with Crippen LogP contribution in [0.15, 0.2) is 45.3 Å². The van der Waals surface area contributed by atoms with E-state index in [-0.39, 0.29) is 0 Å². The van der Waals surface area contributed by atoms with E-state index in [4.69, 9.17) is 0 Å². The molecule has 0 aromatic heterocycles. The van der Waals surface area contributed by atoms with Crippen LogP contribution in [0.3, 0.4) is 0 Å². The van der Waals surface area contributed by atoms with Crippen LogP contribution in [0, 0.1) is 13.8 Å². The van der Waals surface area contributed by atoms with Crippen LogP contribution in [0.5, 0.6) is 0 Å². The molecule has 0 radical (unpaired) electrons. The fraction of sp³-hybridized carbons (Fsp3) is 0.125. The molecule has 0 aliphatic rings. The van der Waals surface area contributed by atoms with Crippen LogP contribution in [0.25, 0.3) is 21.5 Å². The van der Waals surface area contributed by atoms with Gasteiger partial charge in [0.1, 0.15) is 0 Å². The number of hydrogen-bond donors (Lipinski definition) is 0. The molecule has 0 saturated heterocycles. The van der Waals surface area contributed by atoms with Crippen molar-refractivity contribution in [3.05, 3.63) is 56.5 Å². The Hall–Kier alpha value is -0.860. The van der Waals surface area contributed by atoms with Gasteiger partial charge in [0.05, 0.1) is 0 Å². The molecule has 0 bridgehead atoms. The van der Waals surface area contributed by atoms with Crippen LogP contribution in [0.2, 0.25) is 0 Å². The molecule has 3 aromatic rings. The molecule has 0 spiro atoms. The summed E-state index contributed by atoms with van der Waals surface area (Å²) in [5.74, 6) is 0. The summed E-state index contributed by atoms with van der Waals surface area (Å²) in [7, 11) is 0. The Morgan fingerprint density at radius 3 is 2.28 bits per heavy atom. The Bertz CT molecular complexity index is 773. The lowest BCUT2D eigenvalue weighted by Gasteiger charge is -2.11. The zero-order valence-corrected chi connectivity index (χ0v) is 13.4. The maximum Gasteiger partial charge on any atom is 0.0240 e. The minimum absolute atomic E-state index is 1.12. The van der Waals surface area contributed by atoms with E-state index in [1.807, 2.05) is 0 Å². The van der Waals surface area contributed by atoms with Gasteiger partial charge in [-0.15, -0.1) is 0 Å². The van der Waals surface area contributed by atoms with Crippen molar-refractivity contribution >= 4 is 53.4 Å². The van der Waals surface area contributed by atoms with Crippen molar-refractivity contribution in [2.24, 2.45) is 0 Å². The smallest absolute Gasteiger partial charge is 0.0240 e. The van der Waals surface area contributed by atoms with Crippen LogP contribution in [0.1, 0.15) is 11.1 Å². The molecule has 0 saturated carbocycles. The SMILES string of the molecule is Cc1cc2c(ccc3cc(Br)ccc32)c(C)c1Br. The van der Waals surface area contributed by atoms with Gasteiger partial charge in [0.2, 0.25) is 0 Å². The Morgan fingerprint density at radius 1 is 0.778 bits per heavy atom. The van der Waals surface area contributed by atoms with E-state index in [0.29, 0.717) is 0 Å². The second kappa shape index (κ2) is 4.36. The molecule has 3 aromatic carbocycles. The van der Waals surface area contributed by atoms with E-state index in [1.165, 1.54) is 37.1 Å². The Labute approximate surface area is 123 Å². The summed E-state index contributed by atoms with van der Waals surface area (Å²) in [6.45, 7) is 4.32. The van der Waals surface area contributed by atoms with Crippen LogP contribution in [-0.4, -0.2) is 0 Å². The van der Waals surface area contributed by atoms with Crippen LogP contribution < -0.4 is 0 Å². The van der Waals surface area contributed by atoms with Gasteiger partial charge in [-0.05, 0) is 64.7 Å². The van der Waals surface area contributed by atoms with E-state index in [1.54, 1.807) is 0 Å². The van der Waals surface area contributed by atoms with E-state index >= 15 is 0 Å². The molecule has 2 heteroatoms. The van der Waals surface area contributed by atoms with Crippen LogP contribution >= 0.6 is 31.9 Å². The van der Waals surface area contributed by atoms with E-state index < -0.39 is 0 Å². The van der Waals surface area contributed by atoms with Crippen molar-refractivity contribution in [1.82, 2.24) is 0 Å². The monoisotopic (exact) mass is 362 g/mol. The fourth-order valence-electron chi connectivity index (χ4n) is 2.50. The summed E-state index contributed by atoms with van der Waals surface area (Å²) in [5.41, 5.74) is 2.60. The van der Waals surface area contributed by atoms with Crippen LogP contribution in [-0.2, 0) is 0 Å². The van der Waals surface area contributed by atoms with Crippen molar-refractivity contribution in [2.75, 3.05) is 0 Å². The highest BCUT2D eigenvalue weighted by molar-refractivity contribution is 9.10. The average molecular weight is 364 g/mol. The molecule has 0 fully saturated rings. The van der Waals surface area contributed by atoms with E-state index in [0.717, 1.165) is 4.47 Å². The van der Waals surface area contributed by atoms with Gasteiger partial charge in [-0.25, -0.2) is 0 Å². The highest BCUT2D eigenvalue weighted by Gasteiger charge is 2.08. The predicted molar refractivity (Wildman–Crippen MR) is 86.3 cm³/mol. The summed E-state index contributed by atoms with van der Waals surface area (Å²) in [6.07, 6.45) is 0. The number of aryl methyl sites for hydroxylation is 2. The quantitative estimate of drug-likeness (QED) is 0.421. The molecule has 0 heterocycles. The Morgan fingerprint density at radius 2 is 1.50 bits per heavy atom. The summed E-state index contributed by atoms with van der Waals surface area (Å²) >= 11 is 7.20. The van der Waals surface area contributed by atoms with Crippen molar-refractivity contribution < 1.29 is 0 Å². The normalized spacial score (nSPS) is 11.3. The number of benzene rings is 3. The van der Waals surface area contributed by atoms with E-state index in [2.05, 4.69) is 82.1 Å². The molecule has 0 atom stereocenters. The highest BCUT2D eigenvalue weighted by atomic mass is 79.9. The number of fused-ring (bicyclic) bond motifs is 3. The zero-order chi connectivity index (χ0) is 12.9. The van der Waals surface area contributed by atoms with E-state index in [9.17, 15) is 0 Å². The first kappa shape index (κ1) is 12.2. The second-order valence-corrected chi connectivity index (χ2v) is 6.37. The molecular weight excluding hydrogens is 352 g/mol. The largest absolute Gasteiger partial charge is 0.0537 e. The number of hydrogen-bond acceptors (Lipinski definition) is 0. The summed E-state index contributed by atoms with van der Waals surface area (Å²) in [5, 5.41) is 5.24. The Balaban J connectivity index is 2.55. The van der Waals surface area contributed by atoms with Gasteiger partial charge in [0, 0.05) is 8.95 Å². The maximum absolute atomic E-state index is 3.67. The second-order valence-electron chi connectivity index (χ2n) is 4.66. The lowest BCUT2D eigenvalue weighted by atomic mass is 9.97. The molecule has 0 N–H and O–H groups in total. The molecule has 0 aliphatic carbocycles. The molecular formula is C16H12Br2. The topological polar surface area (TPSA) is 0 Å². The summed E-state index contributed by atoms with van der Waals surface area (Å²) in [6, 6.07) is 13.1. The predicted octanol–water partition coefficient (Wildman–Crippen LogP) is 6.13. The molecule has 0 amide bonds. The first-order chi connectivity index (χ1) is 8.58. The number of halogens is 2. The minimum Gasteiger partial charge on any atom is -0.0537 e. The van der Waals surface area contributed by atoms with Crippen molar-refractivity contribution in [3.8, 4) is 0 Å². The molecule has 0 nitrogen and oxygen atoms in total. The third-order valence-corrected chi connectivity index (χ3v) is 5.18. The van der Waals surface area contributed by atoms with Crippen molar-refractivity contribution in [2.45, 2.75) is 13.8 Å². The average Bonchev–Trinajstić information content (AvgIpc) is 2.35. The third-order valence-electron chi connectivity index (χ3n) is 3.46. The molecule has 90 valence electrons. The van der Waals surface area contributed by atoms with Gasteiger partial charge in [-0.3, -0.25) is 0 Å². The van der Waals surface area contributed by atoms with Crippen molar-refractivity contribution in [3.63, 3.8) is 0 Å². The minimum atomic E-state index is 1.12.